The summed E-state index contributed by atoms with van der Waals surface area (Å²) in [5, 5.41) is 2.92. The molecule has 0 bridgehead atoms. The van der Waals surface area contributed by atoms with Crippen molar-refractivity contribution in [1.29, 1.82) is 0 Å². The van der Waals surface area contributed by atoms with E-state index >= 15 is 0 Å². The quantitative estimate of drug-likeness (QED) is 0.794. The van der Waals surface area contributed by atoms with Gasteiger partial charge in [0.2, 0.25) is 5.91 Å². The number of amides is 1. The fourth-order valence-electron chi connectivity index (χ4n) is 2.48. The number of carbonyl (C=O) groups is 1. The van der Waals surface area contributed by atoms with Gasteiger partial charge in [-0.25, -0.2) is 0 Å². The number of ether oxygens (including phenoxy) is 1. The zero-order chi connectivity index (χ0) is 14.4. The molecule has 0 radical (unpaired) electrons. The van der Waals surface area contributed by atoms with Gasteiger partial charge in [0.15, 0.2) is 0 Å². The Morgan fingerprint density at radius 3 is 3.15 bits per heavy atom. The number of nitrogens with zero attached hydrogens (tertiary/aromatic N) is 1. The van der Waals surface area contributed by atoms with Gasteiger partial charge in [0.1, 0.15) is 11.8 Å². The van der Waals surface area contributed by atoms with E-state index < -0.39 is 0 Å². The van der Waals surface area contributed by atoms with Gasteiger partial charge in [-0.3, -0.25) is 9.69 Å². The SMILES string of the molecule is CCCNC(=O)C1COCCN1C(CN)c1ccco1. The maximum atomic E-state index is 12.3. The summed E-state index contributed by atoms with van der Waals surface area (Å²) in [6.45, 7) is 4.79. The molecule has 0 aliphatic carbocycles. The number of rotatable bonds is 6. The maximum absolute atomic E-state index is 12.3. The van der Waals surface area contributed by atoms with Crippen LogP contribution in [-0.2, 0) is 9.53 Å². The van der Waals surface area contributed by atoms with E-state index in [4.69, 9.17) is 14.9 Å². The highest BCUT2D eigenvalue weighted by Gasteiger charge is 2.35. The summed E-state index contributed by atoms with van der Waals surface area (Å²) in [5.41, 5.74) is 5.88. The fourth-order valence-corrected chi connectivity index (χ4v) is 2.48. The van der Waals surface area contributed by atoms with E-state index in [9.17, 15) is 4.79 Å². The lowest BCUT2D eigenvalue weighted by molar-refractivity contribution is -0.134. The first kappa shape index (κ1) is 15.0. The summed E-state index contributed by atoms with van der Waals surface area (Å²) in [7, 11) is 0. The van der Waals surface area contributed by atoms with E-state index in [2.05, 4.69) is 10.2 Å². The molecular formula is C14H23N3O3. The molecule has 0 saturated carbocycles. The molecule has 0 aromatic carbocycles. The van der Waals surface area contributed by atoms with E-state index in [1.54, 1.807) is 6.26 Å². The second-order valence-corrected chi connectivity index (χ2v) is 4.89. The molecule has 3 N–H and O–H groups in total. The molecule has 20 heavy (non-hydrogen) atoms. The Bertz CT molecular complexity index is 408. The molecule has 1 aromatic rings. The van der Waals surface area contributed by atoms with Crippen LogP contribution in [0.4, 0.5) is 0 Å². The van der Waals surface area contributed by atoms with Crippen molar-refractivity contribution in [2.75, 3.05) is 32.8 Å². The van der Waals surface area contributed by atoms with Crippen LogP contribution in [0.25, 0.3) is 0 Å². The Balaban J connectivity index is 2.11. The van der Waals surface area contributed by atoms with E-state index in [-0.39, 0.29) is 18.0 Å². The Morgan fingerprint density at radius 2 is 2.50 bits per heavy atom. The van der Waals surface area contributed by atoms with Crippen LogP contribution in [0.1, 0.15) is 25.1 Å². The van der Waals surface area contributed by atoms with E-state index in [1.807, 2.05) is 19.1 Å². The average molecular weight is 281 g/mol. The van der Waals surface area contributed by atoms with Crippen LogP contribution in [0.3, 0.4) is 0 Å². The van der Waals surface area contributed by atoms with Crippen molar-refractivity contribution in [3.63, 3.8) is 0 Å². The summed E-state index contributed by atoms with van der Waals surface area (Å²) < 4.78 is 10.9. The average Bonchev–Trinajstić information content (AvgIpc) is 3.00. The fraction of sp³-hybridized carbons (Fsp3) is 0.643. The Labute approximate surface area is 119 Å². The summed E-state index contributed by atoms with van der Waals surface area (Å²) >= 11 is 0. The lowest BCUT2D eigenvalue weighted by Gasteiger charge is -2.38. The standard InChI is InChI=1S/C14H23N3O3/c1-2-5-16-14(18)12-10-19-8-6-17(12)11(9-15)13-4-3-7-20-13/h3-4,7,11-12H,2,5-6,8-10,15H2,1H3,(H,16,18). The van der Waals surface area contributed by atoms with E-state index in [0.29, 0.717) is 32.8 Å². The van der Waals surface area contributed by atoms with Crippen molar-refractivity contribution >= 4 is 5.91 Å². The van der Waals surface area contributed by atoms with Gasteiger partial charge < -0.3 is 20.2 Å². The minimum Gasteiger partial charge on any atom is -0.468 e. The van der Waals surface area contributed by atoms with Crippen LogP contribution in [-0.4, -0.2) is 49.7 Å². The number of furan rings is 1. The van der Waals surface area contributed by atoms with Gasteiger partial charge in [0.25, 0.3) is 0 Å². The molecule has 2 atom stereocenters. The van der Waals surface area contributed by atoms with Crippen molar-refractivity contribution < 1.29 is 13.9 Å². The number of hydrogen-bond acceptors (Lipinski definition) is 5. The van der Waals surface area contributed by atoms with E-state index in [1.165, 1.54) is 0 Å². The lowest BCUT2D eigenvalue weighted by atomic mass is 10.1. The molecule has 1 amide bonds. The van der Waals surface area contributed by atoms with Crippen molar-refractivity contribution in [1.82, 2.24) is 10.2 Å². The monoisotopic (exact) mass is 281 g/mol. The predicted octanol–water partition coefficient (Wildman–Crippen LogP) is 0.506. The van der Waals surface area contributed by atoms with Crippen LogP contribution < -0.4 is 11.1 Å². The molecule has 0 spiro atoms. The third-order valence-electron chi connectivity index (χ3n) is 3.52. The van der Waals surface area contributed by atoms with Crippen LogP contribution >= 0.6 is 0 Å². The smallest absolute Gasteiger partial charge is 0.239 e. The van der Waals surface area contributed by atoms with Crippen molar-refractivity contribution in [2.45, 2.75) is 25.4 Å². The number of hydrogen-bond donors (Lipinski definition) is 2. The Morgan fingerprint density at radius 1 is 1.65 bits per heavy atom. The first-order valence-electron chi connectivity index (χ1n) is 7.12. The van der Waals surface area contributed by atoms with Gasteiger partial charge in [-0.15, -0.1) is 0 Å². The Hall–Kier alpha value is -1.37. The summed E-state index contributed by atoms with van der Waals surface area (Å²) in [4.78, 5) is 14.3. The molecule has 1 aliphatic heterocycles. The molecule has 2 unspecified atom stereocenters. The third kappa shape index (κ3) is 3.39. The maximum Gasteiger partial charge on any atom is 0.239 e. The lowest BCUT2D eigenvalue weighted by Crippen LogP contribution is -2.55. The van der Waals surface area contributed by atoms with Gasteiger partial charge in [-0.2, -0.15) is 0 Å². The summed E-state index contributed by atoms with van der Waals surface area (Å²) in [6.07, 6.45) is 2.54. The van der Waals surface area contributed by atoms with Crippen LogP contribution in [0.2, 0.25) is 0 Å². The number of nitrogens with two attached hydrogens (primary N) is 1. The molecule has 112 valence electrons. The second kappa shape index (κ2) is 7.42. The first-order chi connectivity index (χ1) is 9.77. The van der Waals surface area contributed by atoms with Crippen LogP contribution in [0.15, 0.2) is 22.8 Å². The van der Waals surface area contributed by atoms with Crippen molar-refractivity contribution in [2.24, 2.45) is 5.73 Å². The zero-order valence-electron chi connectivity index (χ0n) is 11.9. The zero-order valence-corrected chi connectivity index (χ0v) is 11.9. The number of morpholine rings is 1. The molecular weight excluding hydrogens is 258 g/mol. The topological polar surface area (TPSA) is 80.7 Å². The molecule has 6 nitrogen and oxygen atoms in total. The molecule has 2 heterocycles. The highest BCUT2D eigenvalue weighted by molar-refractivity contribution is 5.82. The normalized spacial score (nSPS) is 21.6. The molecule has 2 rings (SSSR count). The largest absolute Gasteiger partial charge is 0.468 e. The van der Waals surface area contributed by atoms with Crippen LogP contribution in [0.5, 0.6) is 0 Å². The van der Waals surface area contributed by atoms with Gasteiger partial charge in [0, 0.05) is 19.6 Å². The minimum atomic E-state index is -0.311. The van der Waals surface area contributed by atoms with Gasteiger partial charge in [0.05, 0.1) is 25.5 Å². The van der Waals surface area contributed by atoms with Crippen LogP contribution in [0, 0.1) is 0 Å². The highest BCUT2D eigenvalue weighted by atomic mass is 16.5. The minimum absolute atomic E-state index is 0.00319. The summed E-state index contributed by atoms with van der Waals surface area (Å²) in [5.74, 6) is 0.791. The first-order valence-corrected chi connectivity index (χ1v) is 7.12. The number of carbonyl (C=O) groups excluding carboxylic acids is 1. The van der Waals surface area contributed by atoms with Gasteiger partial charge in [-0.1, -0.05) is 6.92 Å². The van der Waals surface area contributed by atoms with Crippen molar-refractivity contribution in [3.8, 4) is 0 Å². The molecule has 1 aromatic heterocycles. The Kier molecular flexibility index (Phi) is 5.58. The van der Waals surface area contributed by atoms with Gasteiger partial charge in [-0.05, 0) is 18.6 Å². The highest BCUT2D eigenvalue weighted by Crippen LogP contribution is 2.24. The number of nitrogens with one attached hydrogen (secondary N) is 1. The van der Waals surface area contributed by atoms with E-state index in [0.717, 1.165) is 12.2 Å². The molecule has 1 fully saturated rings. The van der Waals surface area contributed by atoms with Crippen molar-refractivity contribution in [3.05, 3.63) is 24.2 Å². The third-order valence-corrected chi connectivity index (χ3v) is 3.52. The molecule has 6 heteroatoms. The molecule has 1 saturated heterocycles. The predicted molar refractivity (Wildman–Crippen MR) is 75.1 cm³/mol. The summed E-state index contributed by atoms with van der Waals surface area (Å²) in [6, 6.07) is 3.33. The second-order valence-electron chi connectivity index (χ2n) is 4.89. The van der Waals surface area contributed by atoms with Gasteiger partial charge >= 0.3 is 0 Å². The molecule has 1 aliphatic rings.